The van der Waals surface area contributed by atoms with Crippen molar-refractivity contribution in [2.24, 2.45) is 0 Å². The molecule has 1 unspecified atom stereocenters. The Kier molecular flexibility index (Phi) is 8.63. The molecular formula is C21H24N3NaO5S. The van der Waals surface area contributed by atoms with E-state index in [1.807, 2.05) is 31.2 Å². The molecule has 0 bridgehead atoms. The number of imidazole rings is 1. The van der Waals surface area contributed by atoms with Crippen molar-refractivity contribution < 1.29 is 52.7 Å². The van der Waals surface area contributed by atoms with Crippen LogP contribution in [0, 0.1) is 6.92 Å². The van der Waals surface area contributed by atoms with Crippen LogP contribution >= 0.6 is 0 Å². The van der Waals surface area contributed by atoms with Crippen molar-refractivity contribution in [3.8, 4) is 5.75 Å². The first-order valence-electron chi connectivity index (χ1n) is 9.72. The molecule has 0 spiro atoms. The SMILES string of the molecule is COCC1(CCOc2ccnc(CS(=O)c3nc4ccccc4[n-]3)c2C)OCCO1.[Na+]. The number of nitrogens with zero attached hydrogens (tertiary/aromatic N) is 3. The van der Waals surface area contributed by atoms with Crippen molar-refractivity contribution >= 4 is 21.8 Å². The van der Waals surface area contributed by atoms with Gasteiger partial charge in [-0.2, -0.15) is 0 Å². The van der Waals surface area contributed by atoms with Crippen LogP contribution < -0.4 is 39.3 Å². The largest absolute Gasteiger partial charge is 1.00 e. The second kappa shape index (κ2) is 11.0. The maximum Gasteiger partial charge on any atom is 1.00 e. The molecule has 3 aromatic rings. The van der Waals surface area contributed by atoms with Gasteiger partial charge in [-0.05, 0) is 24.0 Å². The van der Waals surface area contributed by atoms with Crippen molar-refractivity contribution in [1.29, 1.82) is 0 Å². The monoisotopic (exact) mass is 453 g/mol. The van der Waals surface area contributed by atoms with Crippen LogP contribution in [0.25, 0.3) is 11.0 Å². The fourth-order valence-corrected chi connectivity index (χ4v) is 4.44. The zero-order valence-corrected chi connectivity index (χ0v) is 20.8. The number of benzene rings is 1. The molecule has 0 saturated carbocycles. The predicted molar refractivity (Wildman–Crippen MR) is 111 cm³/mol. The maximum atomic E-state index is 12.8. The van der Waals surface area contributed by atoms with Gasteiger partial charge in [-0.3, -0.25) is 9.19 Å². The van der Waals surface area contributed by atoms with E-state index in [1.54, 1.807) is 19.4 Å². The minimum Gasteiger partial charge on any atom is -0.493 e. The Morgan fingerprint density at radius 2 is 2.00 bits per heavy atom. The van der Waals surface area contributed by atoms with Crippen LogP contribution in [0.3, 0.4) is 0 Å². The van der Waals surface area contributed by atoms with Gasteiger partial charge in [-0.25, -0.2) is 0 Å². The molecule has 0 aliphatic carbocycles. The molecule has 1 aromatic carbocycles. The Morgan fingerprint density at radius 3 is 2.74 bits per heavy atom. The molecule has 0 radical (unpaired) electrons. The number of para-hydroxylation sites is 2. The molecule has 1 aliphatic rings. The van der Waals surface area contributed by atoms with Gasteiger partial charge in [-0.1, -0.05) is 24.3 Å². The van der Waals surface area contributed by atoms with E-state index in [2.05, 4.69) is 15.0 Å². The van der Waals surface area contributed by atoms with Crippen molar-refractivity contribution in [3.05, 3.63) is 47.8 Å². The molecule has 8 nitrogen and oxygen atoms in total. The third-order valence-corrected chi connectivity index (χ3v) is 6.09. The molecule has 3 heterocycles. The van der Waals surface area contributed by atoms with E-state index in [0.717, 1.165) is 16.6 Å². The zero-order valence-electron chi connectivity index (χ0n) is 18.0. The van der Waals surface area contributed by atoms with Crippen molar-refractivity contribution in [3.63, 3.8) is 0 Å². The summed E-state index contributed by atoms with van der Waals surface area (Å²) in [6, 6.07) is 9.28. The molecule has 1 saturated heterocycles. The normalized spacial score (nSPS) is 16.2. The maximum absolute atomic E-state index is 12.8. The molecule has 1 fully saturated rings. The summed E-state index contributed by atoms with van der Waals surface area (Å²) in [5.74, 6) is 0.159. The summed E-state index contributed by atoms with van der Waals surface area (Å²) in [5, 5.41) is 0.320. The predicted octanol–water partition coefficient (Wildman–Crippen LogP) is -0.634. The first-order chi connectivity index (χ1) is 14.6. The van der Waals surface area contributed by atoms with Crippen LogP contribution in [0.15, 0.2) is 41.7 Å². The molecule has 0 amide bonds. The van der Waals surface area contributed by atoms with Gasteiger partial charge < -0.3 is 28.9 Å². The first-order valence-corrected chi connectivity index (χ1v) is 11.0. The van der Waals surface area contributed by atoms with Crippen molar-refractivity contribution in [1.82, 2.24) is 15.0 Å². The number of aromatic nitrogens is 3. The summed E-state index contributed by atoms with van der Waals surface area (Å²) in [5.41, 5.74) is 3.02. The van der Waals surface area contributed by atoms with E-state index in [0.29, 0.717) is 49.4 Å². The Morgan fingerprint density at radius 1 is 1.23 bits per heavy atom. The molecule has 31 heavy (non-hydrogen) atoms. The molecule has 2 aromatic heterocycles. The average molecular weight is 453 g/mol. The summed E-state index contributed by atoms with van der Waals surface area (Å²) in [7, 11) is 0.218. The van der Waals surface area contributed by atoms with Crippen molar-refractivity contribution in [2.45, 2.75) is 30.0 Å². The number of fused-ring (bicyclic) bond motifs is 1. The van der Waals surface area contributed by atoms with Gasteiger partial charge in [0.2, 0.25) is 0 Å². The Balaban J connectivity index is 0.00000272. The summed E-state index contributed by atoms with van der Waals surface area (Å²) in [6.45, 7) is 3.75. The Bertz CT molecular complexity index is 1010. The Labute approximate surface area is 205 Å². The van der Waals surface area contributed by atoms with Crippen LogP contribution in [0.1, 0.15) is 17.7 Å². The number of rotatable bonds is 9. The van der Waals surface area contributed by atoms with Gasteiger partial charge in [0.1, 0.15) is 12.4 Å². The van der Waals surface area contributed by atoms with E-state index in [9.17, 15) is 4.21 Å². The van der Waals surface area contributed by atoms with E-state index in [4.69, 9.17) is 18.9 Å². The minimum atomic E-state index is -1.40. The molecule has 0 N–H and O–H groups in total. The van der Waals surface area contributed by atoms with E-state index >= 15 is 0 Å². The summed E-state index contributed by atoms with van der Waals surface area (Å²) in [4.78, 5) is 13.1. The first kappa shape index (κ1) is 24.3. The van der Waals surface area contributed by atoms with Gasteiger partial charge in [0.05, 0.1) is 42.1 Å². The molecule has 1 aliphatic heterocycles. The fourth-order valence-electron chi connectivity index (χ4n) is 3.37. The summed E-state index contributed by atoms with van der Waals surface area (Å²) in [6.07, 6.45) is 2.20. The molecule has 1 atom stereocenters. The topological polar surface area (TPSA) is 93.9 Å². The smallest absolute Gasteiger partial charge is 0.493 e. The molecule has 10 heteroatoms. The molecule has 160 valence electrons. The van der Waals surface area contributed by atoms with Crippen LogP contribution in [0.4, 0.5) is 0 Å². The quantitative estimate of drug-likeness (QED) is 0.395. The third-order valence-electron chi connectivity index (χ3n) is 4.96. The molecular weight excluding hydrogens is 429 g/mol. The van der Waals surface area contributed by atoms with Crippen LogP contribution in [0.2, 0.25) is 0 Å². The van der Waals surface area contributed by atoms with Crippen LogP contribution in [-0.2, 0) is 30.8 Å². The summed E-state index contributed by atoms with van der Waals surface area (Å²) < 4.78 is 35.4. The second-order valence-corrected chi connectivity index (χ2v) is 8.35. The summed E-state index contributed by atoms with van der Waals surface area (Å²) >= 11 is 0. The van der Waals surface area contributed by atoms with Gasteiger partial charge in [0.15, 0.2) is 5.79 Å². The number of pyridine rings is 1. The number of hydrogen-bond donors (Lipinski definition) is 0. The zero-order chi connectivity index (χ0) is 21.0. The van der Waals surface area contributed by atoms with E-state index in [1.165, 1.54) is 0 Å². The third kappa shape index (κ3) is 5.73. The minimum absolute atomic E-state index is 0. The van der Waals surface area contributed by atoms with Crippen LogP contribution in [-0.4, -0.2) is 53.5 Å². The van der Waals surface area contributed by atoms with Crippen LogP contribution in [0.5, 0.6) is 5.75 Å². The second-order valence-electron chi connectivity index (χ2n) is 7.00. The van der Waals surface area contributed by atoms with Gasteiger partial charge >= 0.3 is 29.6 Å². The average Bonchev–Trinajstić information content (AvgIpc) is 3.38. The fraction of sp³-hybridized carbons (Fsp3) is 0.429. The number of hydrogen-bond acceptors (Lipinski definition) is 7. The van der Waals surface area contributed by atoms with Gasteiger partial charge in [0, 0.05) is 30.4 Å². The Hall–Kier alpha value is -1.33. The molecule has 4 rings (SSSR count). The van der Waals surface area contributed by atoms with Gasteiger partial charge in [-0.15, -0.1) is 0 Å². The standard InChI is InChI=1S/C21H24N3O5S.Na/c1-15-18(13-30(25)20-23-16-5-3-4-6-17(16)24-20)22-9-7-19(15)27-10-8-21(14-26-2)28-11-12-29-21;/h3-7,9H,8,10-14H2,1-2H3;/q-1;+1. The number of ether oxygens (including phenoxy) is 4. The number of methoxy groups -OCH3 is 1. The van der Waals surface area contributed by atoms with E-state index in [-0.39, 0.29) is 35.3 Å². The van der Waals surface area contributed by atoms with E-state index < -0.39 is 16.6 Å². The van der Waals surface area contributed by atoms with Crippen molar-refractivity contribution in [2.75, 3.05) is 33.5 Å². The van der Waals surface area contributed by atoms with Gasteiger partial charge in [0.25, 0.3) is 0 Å².